The zero-order chi connectivity index (χ0) is 21.7. The topological polar surface area (TPSA) is 72.0 Å². The lowest BCUT2D eigenvalue weighted by Crippen LogP contribution is -2.13. The Bertz CT molecular complexity index is 1210. The van der Waals surface area contributed by atoms with Crippen LogP contribution in [-0.2, 0) is 16.4 Å². The zero-order valence-corrected chi connectivity index (χ0v) is 18.4. The van der Waals surface area contributed by atoms with E-state index in [9.17, 15) is 8.42 Å². The van der Waals surface area contributed by atoms with E-state index < -0.39 is 15.1 Å². The average Bonchev–Trinajstić information content (AvgIpc) is 2.74. The van der Waals surface area contributed by atoms with Crippen molar-refractivity contribution in [3.05, 3.63) is 77.2 Å². The van der Waals surface area contributed by atoms with Gasteiger partial charge in [-0.2, -0.15) is 0 Å². The van der Waals surface area contributed by atoms with Crippen LogP contribution in [0.1, 0.15) is 36.4 Å². The Hall–Kier alpha value is -3.01. The maximum Gasteiger partial charge on any atom is 0.180 e. The molecule has 3 rings (SSSR count). The Morgan fingerprint density at radius 1 is 1.07 bits per heavy atom. The van der Waals surface area contributed by atoms with Crippen molar-refractivity contribution in [2.24, 2.45) is 0 Å². The molecule has 0 spiro atoms. The normalized spacial score (nSPS) is 11.2. The summed E-state index contributed by atoms with van der Waals surface area (Å²) in [6.45, 7) is 6.01. The molecule has 1 heterocycles. The Kier molecular flexibility index (Phi) is 6.66. The van der Waals surface area contributed by atoms with E-state index in [0.29, 0.717) is 16.3 Å². The van der Waals surface area contributed by atoms with E-state index >= 15 is 0 Å². The Balaban J connectivity index is 1.91. The van der Waals surface area contributed by atoms with E-state index in [4.69, 9.17) is 0 Å². The summed E-state index contributed by atoms with van der Waals surface area (Å²) in [7, 11) is -1.39. The summed E-state index contributed by atoms with van der Waals surface area (Å²) >= 11 is 0. The minimum absolute atomic E-state index is 0.308. The molecule has 0 amide bonds. The van der Waals surface area contributed by atoms with Gasteiger partial charge in [0.05, 0.1) is 27.7 Å². The number of benzene rings is 2. The third-order valence-electron chi connectivity index (χ3n) is 4.69. The van der Waals surface area contributed by atoms with Crippen LogP contribution in [0, 0.1) is 18.8 Å². The first-order valence-electron chi connectivity index (χ1n) is 9.75. The fourth-order valence-corrected chi connectivity index (χ4v) is 3.95. The summed E-state index contributed by atoms with van der Waals surface area (Å²) in [4.78, 5) is 9.37. The first kappa shape index (κ1) is 21.7. The Morgan fingerprint density at radius 3 is 2.47 bits per heavy atom. The van der Waals surface area contributed by atoms with Gasteiger partial charge in [-0.3, -0.25) is 4.98 Å². The van der Waals surface area contributed by atoms with E-state index in [1.165, 1.54) is 0 Å². The summed E-state index contributed by atoms with van der Waals surface area (Å²) in [6.07, 6.45) is 1.68. The zero-order valence-electron chi connectivity index (χ0n) is 17.6. The van der Waals surface area contributed by atoms with Crippen molar-refractivity contribution < 1.29 is 8.42 Å². The number of hydrogen-bond acceptors (Lipinski definition) is 5. The quantitative estimate of drug-likeness (QED) is 0.638. The third kappa shape index (κ3) is 4.93. The van der Waals surface area contributed by atoms with Crippen LogP contribution in [0.25, 0.3) is 11.3 Å². The second-order valence-corrected chi connectivity index (χ2v) is 9.79. The van der Waals surface area contributed by atoms with Crippen LogP contribution in [0.5, 0.6) is 0 Å². The van der Waals surface area contributed by atoms with Gasteiger partial charge in [-0.1, -0.05) is 30.2 Å². The number of nitrogens with zero attached hydrogens (tertiary/aromatic N) is 2. The Labute approximate surface area is 178 Å². The fraction of sp³-hybridized carbons (Fsp3) is 0.250. The summed E-state index contributed by atoms with van der Waals surface area (Å²) in [5, 5.41) is 2.67. The molecule has 0 fully saturated rings. The van der Waals surface area contributed by atoms with Crippen molar-refractivity contribution in [3.63, 3.8) is 0 Å². The lowest BCUT2D eigenvalue weighted by Gasteiger charge is -2.09. The van der Waals surface area contributed by atoms with Crippen LogP contribution >= 0.6 is 0 Å². The minimum Gasteiger partial charge on any atom is -0.316 e. The molecular weight excluding hydrogens is 394 g/mol. The van der Waals surface area contributed by atoms with Crippen LogP contribution in [0.15, 0.2) is 59.6 Å². The molecule has 0 bridgehead atoms. The highest BCUT2D eigenvalue weighted by atomic mass is 32.2. The molecule has 154 valence electrons. The molecule has 1 N–H and O–H groups in total. The summed E-state index contributed by atoms with van der Waals surface area (Å²) in [5.74, 6) is 6.28. The maximum atomic E-state index is 12.3. The van der Waals surface area contributed by atoms with Crippen molar-refractivity contribution in [1.29, 1.82) is 0 Å². The van der Waals surface area contributed by atoms with Crippen molar-refractivity contribution in [2.45, 2.75) is 37.5 Å². The lowest BCUT2D eigenvalue weighted by molar-refractivity contribution is 0.587. The first-order valence-corrected chi connectivity index (χ1v) is 11.3. The van der Waals surface area contributed by atoms with E-state index in [0.717, 1.165) is 28.9 Å². The van der Waals surface area contributed by atoms with Crippen LogP contribution in [-0.4, -0.2) is 30.7 Å². The molecule has 0 aliphatic carbocycles. The molecule has 0 saturated heterocycles. The highest BCUT2D eigenvalue weighted by molar-refractivity contribution is 7.92. The van der Waals surface area contributed by atoms with E-state index in [1.54, 1.807) is 44.3 Å². The van der Waals surface area contributed by atoms with Gasteiger partial charge in [-0.25, -0.2) is 13.4 Å². The standard InChI is InChI=1S/C24H25N3O2S/c1-17(2)30(28,29)22-11-9-21(10-12-22)24-16-26-18(3)23(27-24)13-8-19-6-5-7-20(14-19)15-25-4/h5-7,9-12,14,16-17,25H,15H2,1-4H3. The van der Waals surface area contributed by atoms with Crippen molar-refractivity contribution in [3.8, 4) is 23.1 Å². The highest BCUT2D eigenvalue weighted by Gasteiger charge is 2.19. The molecule has 0 radical (unpaired) electrons. The molecule has 0 aliphatic rings. The van der Waals surface area contributed by atoms with E-state index in [-0.39, 0.29) is 0 Å². The number of aromatic nitrogens is 2. The largest absolute Gasteiger partial charge is 0.316 e. The minimum atomic E-state index is -3.30. The van der Waals surface area contributed by atoms with E-state index in [2.05, 4.69) is 33.2 Å². The van der Waals surface area contributed by atoms with Gasteiger partial charge in [0.15, 0.2) is 9.84 Å². The number of hydrogen-bond donors (Lipinski definition) is 1. The molecule has 3 aromatic rings. The number of nitrogens with one attached hydrogen (secondary N) is 1. The van der Waals surface area contributed by atoms with Gasteiger partial charge >= 0.3 is 0 Å². The first-order chi connectivity index (χ1) is 14.3. The molecule has 6 heteroatoms. The molecule has 5 nitrogen and oxygen atoms in total. The number of rotatable bonds is 5. The second-order valence-electron chi connectivity index (χ2n) is 7.29. The molecular formula is C24H25N3O2S. The summed E-state index contributed by atoms with van der Waals surface area (Å²) in [5.41, 5.74) is 4.88. The monoisotopic (exact) mass is 419 g/mol. The average molecular weight is 420 g/mol. The van der Waals surface area contributed by atoms with Gasteiger partial charge in [0.25, 0.3) is 0 Å². The molecule has 0 unspecified atom stereocenters. The number of sulfone groups is 1. The molecule has 30 heavy (non-hydrogen) atoms. The fourth-order valence-electron chi connectivity index (χ4n) is 2.89. The predicted molar refractivity (Wildman–Crippen MR) is 120 cm³/mol. The molecule has 0 saturated carbocycles. The highest BCUT2D eigenvalue weighted by Crippen LogP contribution is 2.22. The van der Waals surface area contributed by atoms with Crippen LogP contribution in [0.3, 0.4) is 0 Å². The predicted octanol–water partition coefficient (Wildman–Crippen LogP) is 3.75. The van der Waals surface area contributed by atoms with Gasteiger partial charge in [0.2, 0.25) is 0 Å². The molecule has 2 aromatic carbocycles. The Morgan fingerprint density at radius 2 is 1.80 bits per heavy atom. The van der Waals surface area contributed by atoms with E-state index in [1.807, 2.05) is 32.2 Å². The van der Waals surface area contributed by atoms with Gasteiger partial charge in [0.1, 0.15) is 5.69 Å². The van der Waals surface area contributed by atoms with Crippen molar-refractivity contribution in [1.82, 2.24) is 15.3 Å². The maximum absolute atomic E-state index is 12.3. The summed E-state index contributed by atoms with van der Waals surface area (Å²) in [6, 6.07) is 14.8. The summed E-state index contributed by atoms with van der Waals surface area (Å²) < 4.78 is 24.6. The van der Waals surface area contributed by atoms with Crippen LogP contribution in [0.4, 0.5) is 0 Å². The van der Waals surface area contributed by atoms with Gasteiger partial charge in [-0.05, 0) is 63.6 Å². The van der Waals surface area contributed by atoms with Crippen LogP contribution < -0.4 is 5.32 Å². The van der Waals surface area contributed by atoms with Crippen molar-refractivity contribution >= 4 is 9.84 Å². The second kappa shape index (κ2) is 9.21. The lowest BCUT2D eigenvalue weighted by atomic mass is 10.1. The van der Waals surface area contributed by atoms with Crippen molar-refractivity contribution in [2.75, 3.05) is 7.05 Å². The van der Waals surface area contributed by atoms with Crippen LogP contribution in [0.2, 0.25) is 0 Å². The number of aryl methyl sites for hydroxylation is 1. The van der Waals surface area contributed by atoms with Gasteiger partial charge in [-0.15, -0.1) is 0 Å². The molecule has 1 aromatic heterocycles. The van der Waals surface area contributed by atoms with Gasteiger partial charge in [0, 0.05) is 17.7 Å². The third-order valence-corrected chi connectivity index (χ3v) is 6.86. The SMILES string of the molecule is CNCc1cccc(C#Cc2nc(-c3ccc(S(=O)(=O)C(C)C)cc3)cnc2C)c1. The smallest absolute Gasteiger partial charge is 0.180 e. The molecule has 0 aliphatic heterocycles. The molecule has 0 atom stereocenters. The van der Waals surface area contributed by atoms with Gasteiger partial charge < -0.3 is 5.32 Å².